The third kappa shape index (κ3) is 3.55. The monoisotopic (exact) mass is 213 g/mol. The van der Waals surface area contributed by atoms with Crippen LogP contribution in [0, 0.1) is 12.8 Å². The molecule has 0 bridgehead atoms. The lowest BCUT2D eigenvalue weighted by atomic mass is 10.1. The molecule has 84 valence electrons. The van der Waals surface area contributed by atoms with Gasteiger partial charge in [-0.3, -0.25) is 0 Å². The van der Waals surface area contributed by atoms with Gasteiger partial charge in [0.1, 0.15) is 5.84 Å². The average Bonchev–Trinajstić information content (AvgIpc) is 2.63. The van der Waals surface area contributed by atoms with Gasteiger partial charge < -0.3 is 20.8 Å². The first-order valence-electron chi connectivity index (χ1n) is 4.60. The molecule has 0 aromatic carbocycles. The van der Waals surface area contributed by atoms with E-state index in [0.29, 0.717) is 24.8 Å². The van der Waals surface area contributed by atoms with Gasteiger partial charge in [-0.05, 0) is 0 Å². The quantitative estimate of drug-likeness (QED) is 0.271. The fourth-order valence-electron chi connectivity index (χ4n) is 1.02. The molecule has 15 heavy (non-hydrogen) atoms. The smallest absolute Gasteiger partial charge is 0.223 e. The van der Waals surface area contributed by atoms with Crippen LogP contribution in [-0.4, -0.2) is 27.7 Å². The lowest BCUT2D eigenvalue weighted by Crippen LogP contribution is -2.31. The summed E-state index contributed by atoms with van der Waals surface area (Å²) in [5.74, 6) is 1.30. The average molecular weight is 213 g/mol. The number of oxime groups is 1. The van der Waals surface area contributed by atoms with Gasteiger partial charge in [-0.2, -0.15) is 4.98 Å². The number of hydrogen-bond acceptors (Lipinski definition) is 6. The first-order chi connectivity index (χ1) is 7.13. The minimum atomic E-state index is -0.0389. The second-order valence-electron chi connectivity index (χ2n) is 3.29. The lowest BCUT2D eigenvalue weighted by Gasteiger charge is -2.08. The summed E-state index contributed by atoms with van der Waals surface area (Å²) in [6, 6.07) is 0. The van der Waals surface area contributed by atoms with Gasteiger partial charge >= 0.3 is 0 Å². The van der Waals surface area contributed by atoms with Crippen molar-refractivity contribution in [1.82, 2.24) is 15.5 Å². The van der Waals surface area contributed by atoms with Crippen LogP contribution in [0.3, 0.4) is 0 Å². The van der Waals surface area contributed by atoms with Crippen molar-refractivity contribution in [1.29, 1.82) is 0 Å². The molecule has 0 radical (unpaired) electrons. The Kier molecular flexibility index (Phi) is 4.04. The van der Waals surface area contributed by atoms with Crippen LogP contribution in [0.15, 0.2) is 9.68 Å². The zero-order chi connectivity index (χ0) is 11.3. The topological polar surface area (TPSA) is 110 Å². The van der Waals surface area contributed by atoms with Gasteiger partial charge in [0, 0.05) is 19.4 Å². The van der Waals surface area contributed by atoms with E-state index in [9.17, 15) is 0 Å². The third-order valence-electron chi connectivity index (χ3n) is 1.92. The Hall–Kier alpha value is -1.63. The molecule has 0 amide bonds. The number of nitrogens with two attached hydrogens (primary N) is 1. The molecule has 1 aromatic rings. The van der Waals surface area contributed by atoms with Crippen LogP contribution in [0.1, 0.15) is 18.6 Å². The Morgan fingerprint density at radius 1 is 1.73 bits per heavy atom. The highest BCUT2D eigenvalue weighted by Gasteiger charge is 2.07. The zero-order valence-corrected chi connectivity index (χ0v) is 8.77. The highest BCUT2D eigenvalue weighted by molar-refractivity contribution is 5.82. The van der Waals surface area contributed by atoms with Gasteiger partial charge in [-0.15, -0.1) is 0 Å². The number of aromatic nitrogens is 2. The second kappa shape index (κ2) is 5.30. The normalized spacial score (nSPS) is 14.1. The van der Waals surface area contributed by atoms with Crippen LogP contribution in [0.4, 0.5) is 0 Å². The summed E-state index contributed by atoms with van der Waals surface area (Å²) in [6.45, 7) is 4.67. The molecular formula is C8H15N5O2. The SMILES string of the molecule is Cc1nc(CNCC(C)C(N)=NO)no1. The van der Waals surface area contributed by atoms with Gasteiger partial charge in [-0.25, -0.2) is 0 Å². The van der Waals surface area contributed by atoms with Crippen LogP contribution >= 0.6 is 0 Å². The fraction of sp³-hybridized carbons (Fsp3) is 0.625. The summed E-state index contributed by atoms with van der Waals surface area (Å²) in [4.78, 5) is 4.02. The van der Waals surface area contributed by atoms with Crippen LogP contribution in [0.5, 0.6) is 0 Å². The first-order valence-corrected chi connectivity index (χ1v) is 4.60. The van der Waals surface area contributed by atoms with Gasteiger partial charge in [0.05, 0.1) is 6.54 Å². The van der Waals surface area contributed by atoms with E-state index in [-0.39, 0.29) is 11.8 Å². The van der Waals surface area contributed by atoms with Gasteiger partial charge in [-0.1, -0.05) is 17.2 Å². The molecule has 1 unspecified atom stereocenters. The van der Waals surface area contributed by atoms with Crippen molar-refractivity contribution in [2.45, 2.75) is 20.4 Å². The standard InChI is InChI=1S/C8H15N5O2/c1-5(8(9)12-14)3-10-4-7-11-6(2)15-13-7/h5,10,14H,3-4H2,1-2H3,(H2,9,12). The first kappa shape index (κ1) is 11.4. The molecule has 0 saturated carbocycles. The van der Waals surface area contributed by atoms with E-state index in [2.05, 4.69) is 20.6 Å². The molecule has 0 aliphatic rings. The van der Waals surface area contributed by atoms with Crippen molar-refractivity contribution < 1.29 is 9.73 Å². The molecule has 0 aliphatic heterocycles. The van der Waals surface area contributed by atoms with Gasteiger partial charge in [0.25, 0.3) is 0 Å². The molecule has 4 N–H and O–H groups in total. The third-order valence-corrected chi connectivity index (χ3v) is 1.92. The number of hydrogen-bond donors (Lipinski definition) is 3. The Balaban J connectivity index is 2.27. The molecule has 0 aliphatic carbocycles. The summed E-state index contributed by atoms with van der Waals surface area (Å²) in [6.07, 6.45) is 0. The molecule has 1 aromatic heterocycles. The Labute approximate surface area is 87.3 Å². The summed E-state index contributed by atoms with van der Waals surface area (Å²) >= 11 is 0. The number of rotatable bonds is 5. The van der Waals surface area contributed by atoms with Gasteiger partial charge in [0.2, 0.25) is 5.89 Å². The van der Waals surface area contributed by atoms with Crippen molar-refractivity contribution in [3.63, 3.8) is 0 Å². The molecule has 1 rings (SSSR count). The van der Waals surface area contributed by atoms with Crippen LogP contribution < -0.4 is 11.1 Å². The van der Waals surface area contributed by atoms with Crippen LogP contribution in [0.25, 0.3) is 0 Å². The Morgan fingerprint density at radius 3 is 3.00 bits per heavy atom. The molecule has 1 heterocycles. The molecule has 7 heteroatoms. The maximum atomic E-state index is 8.42. The van der Waals surface area contributed by atoms with E-state index in [1.807, 2.05) is 6.92 Å². The molecule has 0 saturated heterocycles. The van der Waals surface area contributed by atoms with Crippen LogP contribution in [0.2, 0.25) is 0 Å². The maximum Gasteiger partial charge on any atom is 0.223 e. The van der Waals surface area contributed by atoms with E-state index in [1.165, 1.54) is 0 Å². The number of nitrogens with one attached hydrogen (secondary N) is 1. The largest absolute Gasteiger partial charge is 0.409 e. The summed E-state index contributed by atoms with van der Waals surface area (Å²) in [5, 5.41) is 18.1. The van der Waals surface area contributed by atoms with E-state index >= 15 is 0 Å². The highest BCUT2D eigenvalue weighted by atomic mass is 16.5. The lowest BCUT2D eigenvalue weighted by molar-refractivity contribution is 0.314. The maximum absolute atomic E-state index is 8.42. The van der Waals surface area contributed by atoms with Crippen molar-refractivity contribution in [2.24, 2.45) is 16.8 Å². The zero-order valence-electron chi connectivity index (χ0n) is 8.77. The van der Waals surface area contributed by atoms with Crippen molar-refractivity contribution in [3.8, 4) is 0 Å². The Bertz CT molecular complexity index is 336. The minimum absolute atomic E-state index is 0.0389. The number of aryl methyl sites for hydroxylation is 1. The van der Waals surface area contributed by atoms with Gasteiger partial charge in [0.15, 0.2) is 5.82 Å². The highest BCUT2D eigenvalue weighted by Crippen LogP contribution is 1.96. The summed E-state index contributed by atoms with van der Waals surface area (Å²) in [7, 11) is 0. The minimum Gasteiger partial charge on any atom is -0.409 e. The number of nitrogens with zero attached hydrogens (tertiary/aromatic N) is 3. The van der Waals surface area contributed by atoms with E-state index < -0.39 is 0 Å². The van der Waals surface area contributed by atoms with Crippen molar-refractivity contribution in [2.75, 3.05) is 6.54 Å². The second-order valence-corrected chi connectivity index (χ2v) is 3.29. The predicted octanol–water partition coefficient (Wildman–Crippen LogP) is -0.150. The van der Waals surface area contributed by atoms with E-state index in [4.69, 9.17) is 15.5 Å². The molecular weight excluding hydrogens is 198 g/mol. The van der Waals surface area contributed by atoms with Crippen molar-refractivity contribution in [3.05, 3.63) is 11.7 Å². The van der Waals surface area contributed by atoms with E-state index in [0.717, 1.165) is 0 Å². The summed E-state index contributed by atoms with van der Waals surface area (Å²) < 4.78 is 4.80. The molecule has 7 nitrogen and oxygen atoms in total. The van der Waals surface area contributed by atoms with E-state index in [1.54, 1.807) is 6.92 Å². The van der Waals surface area contributed by atoms with Crippen molar-refractivity contribution >= 4 is 5.84 Å². The molecule has 0 fully saturated rings. The van der Waals surface area contributed by atoms with Crippen LogP contribution in [-0.2, 0) is 6.54 Å². The fourth-order valence-corrected chi connectivity index (χ4v) is 1.02. The molecule has 0 spiro atoms. The predicted molar refractivity (Wildman–Crippen MR) is 53.3 cm³/mol. The summed E-state index contributed by atoms with van der Waals surface area (Å²) in [5.41, 5.74) is 5.41. The Morgan fingerprint density at radius 2 is 2.47 bits per heavy atom. The number of amidine groups is 1. The molecule has 1 atom stereocenters.